The van der Waals surface area contributed by atoms with Crippen molar-refractivity contribution in [2.24, 2.45) is 0 Å². The van der Waals surface area contributed by atoms with E-state index in [1.54, 1.807) is 18.2 Å². The van der Waals surface area contributed by atoms with E-state index < -0.39 is 5.82 Å². The molecule has 0 N–H and O–H groups in total. The molecular formula is C17H13FO2S. The predicted molar refractivity (Wildman–Crippen MR) is 82.4 cm³/mol. The summed E-state index contributed by atoms with van der Waals surface area (Å²) in [7, 11) is 0. The first kappa shape index (κ1) is 13.9. The second-order valence-corrected chi connectivity index (χ2v) is 5.85. The van der Waals surface area contributed by atoms with Crippen molar-refractivity contribution in [3.8, 4) is 0 Å². The van der Waals surface area contributed by atoms with Crippen molar-refractivity contribution >= 4 is 28.5 Å². The van der Waals surface area contributed by atoms with E-state index in [0.29, 0.717) is 5.39 Å². The van der Waals surface area contributed by atoms with Gasteiger partial charge in [0.15, 0.2) is 17.2 Å². The maximum Gasteiger partial charge on any atom is 0.208 e. The Morgan fingerprint density at radius 3 is 2.76 bits per heavy atom. The minimum atomic E-state index is -0.446. The summed E-state index contributed by atoms with van der Waals surface area (Å²) in [4.78, 5) is 13.2. The summed E-state index contributed by atoms with van der Waals surface area (Å²) in [5.41, 5.74) is 1.29. The number of thioether (sulfide) groups is 1. The highest BCUT2D eigenvalue weighted by atomic mass is 32.2. The summed E-state index contributed by atoms with van der Waals surface area (Å²) >= 11 is 1.45. The van der Waals surface area contributed by atoms with E-state index in [1.165, 1.54) is 17.8 Å². The van der Waals surface area contributed by atoms with Crippen LogP contribution in [0.1, 0.15) is 16.1 Å². The first-order chi connectivity index (χ1) is 10.1. The minimum Gasteiger partial charge on any atom is -0.450 e. The lowest BCUT2D eigenvalue weighted by Gasteiger charge is -2.00. The average Bonchev–Trinajstić information content (AvgIpc) is 2.90. The number of halogens is 1. The smallest absolute Gasteiger partial charge is 0.208 e. The third kappa shape index (κ3) is 3.00. The topological polar surface area (TPSA) is 30.2 Å². The maximum absolute atomic E-state index is 13.5. The highest BCUT2D eigenvalue weighted by Gasteiger charge is 2.14. The molecule has 3 aromatic rings. The number of hydrogen-bond acceptors (Lipinski definition) is 3. The highest BCUT2D eigenvalue weighted by Crippen LogP contribution is 2.25. The number of fused-ring (bicyclic) bond motifs is 1. The fourth-order valence-electron chi connectivity index (χ4n) is 2.09. The van der Waals surface area contributed by atoms with Crippen molar-refractivity contribution in [1.82, 2.24) is 0 Å². The van der Waals surface area contributed by atoms with Crippen LogP contribution in [0, 0.1) is 12.7 Å². The number of Topliss-reactive ketones (excluding diaryl/α,β-unsaturated/α-hetero) is 1. The van der Waals surface area contributed by atoms with Gasteiger partial charge >= 0.3 is 0 Å². The molecule has 0 aliphatic heterocycles. The quantitative estimate of drug-likeness (QED) is 0.509. The van der Waals surface area contributed by atoms with Crippen LogP contribution >= 0.6 is 11.8 Å². The van der Waals surface area contributed by atoms with Crippen molar-refractivity contribution in [3.05, 3.63) is 65.7 Å². The van der Waals surface area contributed by atoms with Gasteiger partial charge in [-0.15, -0.1) is 11.8 Å². The van der Waals surface area contributed by atoms with Crippen LogP contribution in [-0.4, -0.2) is 11.5 Å². The Balaban J connectivity index is 1.76. The van der Waals surface area contributed by atoms with E-state index >= 15 is 0 Å². The number of aryl methyl sites for hydroxylation is 1. The van der Waals surface area contributed by atoms with E-state index in [4.69, 9.17) is 4.42 Å². The molecule has 1 heterocycles. The van der Waals surface area contributed by atoms with Crippen LogP contribution in [0.15, 0.2) is 57.8 Å². The molecule has 2 nitrogen and oxygen atoms in total. The number of benzene rings is 2. The molecule has 0 amide bonds. The Kier molecular flexibility index (Phi) is 3.80. The maximum atomic E-state index is 13.5. The van der Waals surface area contributed by atoms with Gasteiger partial charge in [-0.1, -0.05) is 29.8 Å². The summed E-state index contributed by atoms with van der Waals surface area (Å²) < 4.78 is 18.9. The highest BCUT2D eigenvalue weighted by molar-refractivity contribution is 8.00. The fourth-order valence-corrected chi connectivity index (χ4v) is 2.97. The van der Waals surface area contributed by atoms with Gasteiger partial charge in [0.2, 0.25) is 5.78 Å². The molecule has 0 atom stereocenters. The van der Waals surface area contributed by atoms with Gasteiger partial charge in [-0.2, -0.15) is 0 Å². The Morgan fingerprint density at radius 1 is 1.19 bits per heavy atom. The number of rotatable bonds is 4. The zero-order valence-corrected chi connectivity index (χ0v) is 12.2. The number of carbonyl (C=O) groups is 1. The SMILES string of the molecule is Cc1cccc(SCC(=O)c2cc3cccc(F)c3o2)c1. The molecule has 0 radical (unpaired) electrons. The van der Waals surface area contributed by atoms with Gasteiger partial charge in [-0.05, 0) is 31.2 Å². The van der Waals surface area contributed by atoms with E-state index in [9.17, 15) is 9.18 Å². The van der Waals surface area contributed by atoms with Crippen LogP contribution in [0.4, 0.5) is 4.39 Å². The summed E-state index contributed by atoms with van der Waals surface area (Å²) in [6.45, 7) is 2.01. The van der Waals surface area contributed by atoms with Gasteiger partial charge in [-0.25, -0.2) is 4.39 Å². The number of carbonyl (C=O) groups excluding carboxylic acids is 1. The molecule has 0 bridgehead atoms. The lowest BCUT2D eigenvalue weighted by Crippen LogP contribution is -2.00. The van der Waals surface area contributed by atoms with Crippen molar-refractivity contribution in [2.75, 3.05) is 5.75 Å². The fraction of sp³-hybridized carbons (Fsp3) is 0.118. The minimum absolute atomic E-state index is 0.140. The molecule has 21 heavy (non-hydrogen) atoms. The van der Waals surface area contributed by atoms with Crippen molar-refractivity contribution in [3.63, 3.8) is 0 Å². The Hall–Kier alpha value is -2.07. The first-order valence-corrected chi connectivity index (χ1v) is 7.53. The van der Waals surface area contributed by atoms with Crippen LogP contribution in [0.5, 0.6) is 0 Å². The molecule has 0 aliphatic carbocycles. The standard InChI is InChI=1S/C17H13FO2S/c1-11-4-2-6-13(8-11)21-10-15(19)16-9-12-5-3-7-14(18)17(12)20-16/h2-9H,10H2,1H3. The summed E-state index contributed by atoms with van der Waals surface area (Å²) in [6.07, 6.45) is 0. The molecule has 0 spiro atoms. The summed E-state index contributed by atoms with van der Waals surface area (Å²) in [5.74, 6) is -0.115. The largest absolute Gasteiger partial charge is 0.450 e. The lowest BCUT2D eigenvalue weighted by atomic mass is 10.2. The van der Waals surface area contributed by atoms with E-state index in [1.807, 2.05) is 31.2 Å². The molecule has 0 saturated heterocycles. The lowest BCUT2D eigenvalue weighted by molar-refractivity contribution is 0.0994. The van der Waals surface area contributed by atoms with E-state index in [2.05, 4.69) is 0 Å². The molecule has 2 aromatic carbocycles. The zero-order chi connectivity index (χ0) is 14.8. The molecule has 106 valence electrons. The van der Waals surface area contributed by atoms with Crippen LogP contribution in [0.3, 0.4) is 0 Å². The van der Waals surface area contributed by atoms with Gasteiger partial charge in [-0.3, -0.25) is 4.79 Å². The normalized spacial score (nSPS) is 11.0. The third-order valence-corrected chi connectivity index (χ3v) is 4.12. The molecule has 0 aliphatic rings. The number of hydrogen-bond donors (Lipinski definition) is 0. The van der Waals surface area contributed by atoms with Crippen LogP contribution in [0.25, 0.3) is 11.0 Å². The van der Waals surface area contributed by atoms with E-state index in [0.717, 1.165) is 10.5 Å². The van der Waals surface area contributed by atoms with Crippen molar-refractivity contribution < 1.29 is 13.6 Å². The second-order valence-electron chi connectivity index (χ2n) is 4.80. The Morgan fingerprint density at radius 2 is 2.00 bits per heavy atom. The molecular weight excluding hydrogens is 287 g/mol. The number of ketones is 1. The molecule has 4 heteroatoms. The molecule has 3 rings (SSSR count). The number of furan rings is 1. The van der Waals surface area contributed by atoms with Crippen LogP contribution in [0.2, 0.25) is 0 Å². The molecule has 0 unspecified atom stereocenters. The van der Waals surface area contributed by atoms with Crippen molar-refractivity contribution in [2.45, 2.75) is 11.8 Å². The molecule has 1 aromatic heterocycles. The van der Waals surface area contributed by atoms with Gasteiger partial charge in [0.05, 0.1) is 5.75 Å². The predicted octanol–water partition coefficient (Wildman–Crippen LogP) is 4.86. The van der Waals surface area contributed by atoms with Gasteiger partial charge in [0, 0.05) is 10.3 Å². The Labute approximate surface area is 126 Å². The van der Waals surface area contributed by atoms with Crippen LogP contribution < -0.4 is 0 Å². The van der Waals surface area contributed by atoms with Gasteiger partial charge in [0.1, 0.15) is 0 Å². The average molecular weight is 300 g/mol. The zero-order valence-electron chi connectivity index (χ0n) is 11.4. The number of para-hydroxylation sites is 1. The monoisotopic (exact) mass is 300 g/mol. The Bertz CT molecular complexity index is 807. The summed E-state index contributed by atoms with van der Waals surface area (Å²) in [6, 6.07) is 14.2. The third-order valence-electron chi connectivity index (χ3n) is 3.13. The van der Waals surface area contributed by atoms with Gasteiger partial charge < -0.3 is 4.42 Å². The first-order valence-electron chi connectivity index (χ1n) is 6.54. The van der Waals surface area contributed by atoms with E-state index in [-0.39, 0.29) is 22.9 Å². The molecule has 0 fully saturated rings. The molecule has 0 saturated carbocycles. The van der Waals surface area contributed by atoms with Crippen LogP contribution in [-0.2, 0) is 0 Å². The summed E-state index contributed by atoms with van der Waals surface area (Å²) in [5, 5.41) is 0.610. The second kappa shape index (κ2) is 5.74. The van der Waals surface area contributed by atoms with Crippen molar-refractivity contribution in [1.29, 1.82) is 0 Å². The van der Waals surface area contributed by atoms with Gasteiger partial charge in [0.25, 0.3) is 0 Å².